The normalized spacial score (nSPS) is 11.8. The Balaban J connectivity index is 1.51. The predicted octanol–water partition coefficient (Wildman–Crippen LogP) is 6.90. The smallest absolute Gasteiger partial charge is 0.0972 e. The first-order valence-corrected chi connectivity index (χ1v) is 10.6. The van der Waals surface area contributed by atoms with Gasteiger partial charge in [-0.1, -0.05) is 59.7 Å². The van der Waals surface area contributed by atoms with Gasteiger partial charge in [-0.3, -0.25) is 9.98 Å². The lowest BCUT2D eigenvalue weighted by molar-refractivity contribution is 1.34. The van der Waals surface area contributed by atoms with Crippen LogP contribution in [0.4, 0.5) is 11.4 Å². The summed E-state index contributed by atoms with van der Waals surface area (Å²) in [5.74, 6) is 0. The number of aliphatic imine (C=N–C) groups is 2. The van der Waals surface area contributed by atoms with Gasteiger partial charge in [0.15, 0.2) is 0 Å². The number of aromatic nitrogens is 2. The number of nitrogens with zero attached hydrogens (tertiary/aromatic N) is 4. The van der Waals surface area contributed by atoms with Crippen LogP contribution < -0.4 is 0 Å². The third-order valence-corrected chi connectivity index (χ3v) is 5.32. The van der Waals surface area contributed by atoms with E-state index < -0.39 is 0 Å². The maximum Gasteiger partial charge on any atom is 0.0972 e. The largest absolute Gasteiger partial charge is 0.255 e. The average molecular weight is 415 g/mol. The molecule has 2 heterocycles. The fourth-order valence-electron chi connectivity index (χ4n) is 3.48. The Labute approximate surface area is 187 Å². The predicted molar refractivity (Wildman–Crippen MR) is 134 cm³/mol. The van der Waals surface area contributed by atoms with Crippen molar-refractivity contribution in [3.05, 3.63) is 107 Å². The standard InChI is InChI=1S/C28H22N4/c1-19-3-11-23(12-4-19)29-17-25-15-9-21-7-8-22-10-16-26(32-28(22)27(21)31-25)18-30-24-13-5-20(2)6-14-24/h3-18H,1-2H3. The topological polar surface area (TPSA) is 50.5 Å². The Morgan fingerprint density at radius 2 is 0.875 bits per heavy atom. The number of benzene rings is 3. The highest BCUT2D eigenvalue weighted by Gasteiger charge is 2.05. The van der Waals surface area contributed by atoms with Crippen LogP contribution in [0, 0.1) is 13.8 Å². The number of pyridine rings is 2. The molecule has 0 unspecified atom stereocenters. The molecule has 4 heteroatoms. The van der Waals surface area contributed by atoms with Crippen LogP contribution in [0.1, 0.15) is 22.5 Å². The Morgan fingerprint density at radius 1 is 0.500 bits per heavy atom. The van der Waals surface area contributed by atoms with E-state index in [1.54, 1.807) is 12.4 Å². The Kier molecular flexibility index (Phi) is 5.26. The molecule has 3 aromatic carbocycles. The Hall–Kier alpha value is -4.18. The summed E-state index contributed by atoms with van der Waals surface area (Å²) >= 11 is 0. The molecule has 0 aliphatic carbocycles. The van der Waals surface area contributed by atoms with Crippen molar-refractivity contribution in [1.29, 1.82) is 0 Å². The molecule has 0 spiro atoms. The molecule has 5 rings (SSSR count). The minimum Gasteiger partial charge on any atom is -0.255 e. The molecule has 0 aliphatic rings. The fraction of sp³-hybridized carbons (Fsp3) is 0.0714. The summed E-state index contributed by atoms with van der Waals surface area (Å²) < 4.78 is 0. The van der Waals surface area contributed by atoms with Crippen LogP contribution in [0.5, 0.6) is 0 Å². The van der Waals surface area contributed by atoms with Gasteiger partial charge < -0.3 is 0 Å². The summed E-state index contributed by atoms with van der Waals surface area (Å²) in [6.07, 6.45) is 3.59. The average Bonchev–Trinajstić information content (AvgIpc) is 2.83. The molecule has 0 radical (unpaired) electrons. The number of rotatable bonds is 4. The summed E-state index contributed by atoms with van der Waals surface area (Å²) in [5, 5.41) is 2.09. The van der Waals surface area contributed by atoms with Crippen molar-refractivity contribution in [2.45, 2.75) is 13.8 Å². The van der Waals surface area contributed by atoms with E-state index in [0.29, 0.717) is 0 Å². The lowest BCUT2D eigenvalue weighted by Crippen LogP contribution is -1.93. The van der Waals surface area contributed by atoms with Crippen molar-refractivity contribution < 1.29 is 0 Å². The van der Waals surface area contributed by atoms with E-state index in [2.05, 4.69) is 72.4 Å². The van der Waals surface area contributed by atoms with Gasteiger partial charge in [0.25, 0.3) is 0 Å². The fourth-order valence-corrected chi connectivity index (χ4v) is 3.48. The van der Waals surface area contributed by atoms with Crippen LogP contribution in [-0.4, -0.2) is 22.4 Å². The van der Waals surface area contributed by atoms with Crippen molar-refractivity contribution in [2.75, 3.05) is 0 Å². The van der Waals surface area contributed by atoms with Gasteiger partial charge in [-0.15, -0.1) is 0 Å². The van der Waals surface area contributed by atoms with E-state index in [9.17, 15) is 0 Å². The summed E-state index contributed by atoms with van der Waals surface area (Å²) in [6, 6.07) is 28.5. The number of fused-ring (bicyclic) bond motifs is 3. The molecule has 0 saturated heterocycles. The van der Waals surface area contributed by atoms with Gasteiger partial charge in [0.2, 0.25) is 0 Å². The van der Waals surface area contributed by atoms with Crippen molar-refractivity contribution in [3.8, 4) is 0 Å². The molecule has 154 valence electrons. The molecule has 0 saturated carbocycles. The monoisotopic (exact) mass is 414 g/mol. The van der Waals surface area contributed by atoms with Crippen molar-refractivity contribution in [1.82, 2.24) is 9.97 Å². The van der Waals surface area contributed by atoms with Crippen LogP contribution in [0.25, 0.3) is 21.8 Å². The number of hydrogen-bond donors (Lipinski definition) is 0. The third kappa shape index (κ3) is 4.30. The lowest BCUT2D eigenvalue weighted by atomic mass is 10.1. The molecular formula is C28H22N4. The van der Waals surface area contributed by atoms with Gasteiger partial charge in [-0.25, -0.2) is 9.97 Å². The number of hydrogen-bond acceptors (Lipinski definition) is 4. The van der Waals surface area contributed by atoms with Crippen LogP contribution in [0.3, 0.4) is 0 Å². The summed E-state index contributed by atoms with van der Waals surface area (Å²) in [5.41, 5.74) is 7.56. The molecule has 5 aromatic rings. The highest BCUT2D eigenvalue weighted by Crippen LogP contribution is 2.23. The van der Waals surface area contributed by atoms with E-state index in [0.717, 1.165) is 44.6 Å². The first-order chi connectivity index (χ1) is 15.6. The third-order valence-electron chi connectivity index (χ3n) is 5.32. The van der Waals surface area contributed by atoms with Crippen molar-refractivity contribution >= 4 is 45.6 Å². The molecule has 2 aromatic heterocycles. The maximum absolute atomic E-state index is 4.85. The lowest BCUT2D eigenvalue weighted by Gasteiger charge is -2.05. The highest BCUT2D eigenvalue weighted by atomic mass is 14.8. The van der Waals surface area contributed by atoms with Crippen LogP contribution >= 0.6 is 0 Å². The quantitative estimate of drug-likeness (QED) is 0.237. The first-order valence-electron chi connectivity index (χ1n) is 10.6. The number of aryl methyl sites for hydroxylation is 2. The van der Waals surface area contributed by atoms with Gasteiger partial charge in [0, 0.05) is 10.8 Å². The second kappa shape index (κ2) is 8.52. The molecule has 0 fully saturated rings. The highest BCUT2D eigenvalue weighted by molar-refractivity contribution is 6.04. The van der Waals surface area contributed by atoms with E-state index >= 15 is 0 Å². The van der Waals surface area contributed by atoms with E-state index in [-0.39, 0.29) is 0 Å². The van der Waals surface area contributed by atoms with E-state index in [4.69, 9.17) is 9.97 Å². The maximum atomic E-state index is 4.85. The molecular weight excluding hydrogens is 392 g/mol. The summed E-state index contributed by atoms with van der Waals surface area (Å²) in [4.78, 5) is 18.8. The van der Waals surface area contributed by atoms with Gasteiger partial charge in [0.05, 0.1) is 46.2 Å². The summed E-state index contributed by atoms with van der Waals surface area (Å²) in [7, 11) is 0. The molecule has 0 atom stereocenters. The molecule has 4 nitrogen and oxygen atoms in total. The van der Waals surface area contributed by atoms with Crippen molar-refractivity contribution in [2.24, 2.45) is 9.98 Å². The zero-order valence-electron chi connectivity index (χ0n) is 18.0. The molecule has 0 bridgehead atoms. The van der Waals surface area contributed by atoms with E-state index in [1.807, 2.05) is 36.4 Å². The molecule has 32 heavy (non-hydrogen) atoms. The zero-order valence-corrected chi connectivity index (χ0v) is 18.0. The SMILES string of the molecule is Cc1ccc(N=Cc2ccc3ccc4ccc(C=Nc5ccc(C)cc5)nc4c3n2)cc1. The van der Waals surface area contributed by atoms with E-state index in [1.165, 1.54) is 11.1 Å². The Morgan fingerprint density at radius 3 is 1.28 bits per heavy atom. The second-order valence-corrected chi connectivity index (χ2v) is 7.87. The van der Waals surface area contributed by atoms with Crippen molar-refractivity contribution in [3.63, 3.8) is 0 Å². The first kappa shape index (κ1) is 19.8. The van der Waals surface area contributed by atoms with Gasteiger partial charge in [-0.05, 0) is 50.2 Å². The van der Waals surface area contributed by atoms with Crippen LogP contribution in [-0.2, 0) is 0 Å². The summed E-state index contributed by atoms with van der Waals surface area (Å²) in [6.45, 7) is 4.13. The zero-order chi connectivity index (χ0) is 21.9. The Bertz CT molecular complexity index is 1350. The molecule has 0 N–H and O–H groups in total. The molecule has 0 aliphatic heterocycles. The van der Waals surface area contributed by atoms with Crippen LogP contribution in [0.2, 0.25) is 0 Å². The minimum atomic E-state index is 0.797. The molecule has 0 amide bonds. The van der Waals surface area contributed by atoms with Gasteiger partial charge in [0.1, 0.15) is 0 Å². The minimum absolute atomic E-state index is 0.797. The second-order valence-electron chi connectivity index (χ2n) is 7.87. The van der Waals surface area contributed by atoms with Gasteiger partial charge in [-0.2, -0.15) is 0 Å². The van der Waals surface area contributed by atoms with Gasteiger partial charge >= 0.3 is 0 Å². The van der Waals surface area contributed by atoms with Crippen LogP contribution in [0.15, 0.2) is 94.9 Å².